The highest BCUT2D eigenvalue weighted by atomic mass is 16.6. The average Bonchev–Trinajstić information content (AvgIpc) is 2.44. The lowest BCUT2D eigenvalue weighted by Crippen LogP contribution is -2.39. The van der Waals surface area contributed by atoms with Crippen LogP contribution in [0.15, 0.2) is 0 Å². The van der Waals surface area contributed by atoms with E-state index >= 15 is 0 Å². The molecule has 0 spiro atoms. The molecule has 0 radical (unpaired) electrons. The molecule has 0 unspecified atom stereocenters. The first-order valence-electron chi connectivity index (χ1n) is 8.64. The van der Waals surface area contributed by atoms with Gasteiger partial charge in [-0.3, -0.25) is 0 Å². The van der Waals surface area contributed by atoms with Crippen LogP contribution in [0.1, 0.15) is 59.8 Å². The number of carbonyl (C=O) groups is 1. The van der Waals surface area contributed by atoms with Gasteiger partial charge in [0.1, 0.15) is 0 Å². The summed E-state index contributed by atoms with van der Waals surface area (Å²) in [7, 11) is 0. The quantitative estimate of drug-likeness (QED) is 0.695. The molecule has 0 bridgehead atoms. The molecular weight excluding hydrogens is 264 g/mol. The van der Waals surface area contributed by atoms with Crippen molar-refractivity contribution in [3.8, 4) is 0 Å². The lowest BCUT2D eigenvalue weighted by Gasteiger charge is -2.31. The molecule has 0 atom stereocenters. The fourth-order valence-electron chi connectivity index (χ4n) is 2.68. The van der Waals surface area contributed by atoms with Crippen molar-refractivity contribution in [2.45, 2.75) is 65.8 Å². The molecule has 4 heteroatoms. The zero-order valence-corrected chi connectivity index (χ0v) is 14.4. The third kappa shape index (κ3) is 8.30. The molecule has 124 valence electrons. The van der Waals surface area contributed by atoms with Gasteiger partial charge >= 0.3 is 6.09 Å². The Morgan fingerprint density at radius 2 is 1.86 bits per heavy atom. The summed E-state index contributed by atoms with van der Waals surface area (Å²) in [6.07, 6.45) is 6.00. The van der Waals surface area contributed by atoms with Gasteiger partial charge in [-0.05, 0) is 37.6 Å². The number of hydrogen-bond acceptors (Lipinski definition) is 3. The van der Waals surface area contributed by atoms with Crippen molar-refractivity contribution in [1.29, 1.82) is 0 Å². The summed E-state index contributed by atoms with van der Waals surface area (Å²) in [5.74, 6) is 1.20. The van der Waals surface area contributed by atoms with Crippen LogP contribution in [-0.4, -0.2) is 43.3 Å². The maximum absolute atomic E-state index is 11.9. The number of rotatable bonds is 8. The van der Waals surface area contributed by atoms with Crippen molar-refractivity contribution in [2.24, 2.45) is 11.8 Å². The normalized spacial score (nSPS) is 16.8. The minimum atomic E-state index is -0.122. The third-order valence-corrected chi connectivity index (χ3v) is 4.00. The van der Waals surface area contributed by atoms with Crippen molar-refractivity contribution in [3.05, 3.63) is 0 Å². The fraction of sp³-hybridized carbons (Fsp3) is 0.941. The molecule has 0 saturated carbocycles. The zero-order valence-electron chi connectivity index (χ0n) is 14.4. The number of likely N-dealkylation sites (tertiary alicyclic amines) is 1. The molecule has 1 aliphatic heterocycles. The Morgan fingerprint density at radius 3 is 2.43 bits per heavy atom. The number of hydrogen-bond donors (Lipinski definition) is 1. The molecule has 1 saturated heterocycles. The number of carbonyl (C=O) groups excluding carboxylic acids is 1. The highest BCUT2D eigenvalue weighted by molar-refractivity contribution is 5.67. The van der Waals surface area contributed by atoms with Crippen LogP contribution >= 0.6 is 0 Å². The maximum Gasteiger partial charge on any atom is 0.409 e. The van der Waals surface area contributed by atoms with E-state index in [1.165, 1.54) is 19.3 Å². The summed E-state index contributed by atoms with van der Waals surface area (Å²) in [6.45, 7) is 11.9. The SMILES string of the molecule is CC(C)COC(=O)N1CCC(CCCCNC(C)C)CC1. The van der Waals surface area contributed by atoms with Crippen LogP contribution in [0.5, 0.6) is 0 Å². The molecule has 1 amide bonds. The van der Waals surface area contributed by atoms with Gasteiger partial charge < -0.3 is 15.0 Å². The van der Waals surface area contributed by atoms with Gasteiger partial charge in [-0.1, -0.05) is 40.5 Å². The summed E-state index contributed by atoms with van der Waals surface area (Å²) in [5, 5.41) is 3.46. The van der Waals surface area contributed by atoms with Gasteiger partial charge in [0, 0.05) is 19.1 Å². The zero-order chi connectivity index (χ0) is 15.7. The van der Waals surface area contributed by atoms with E-state index in [4.69, 9.17) is 4.74 Å². The Labute approximate surface area is 130 Å². The van der Waals surface area contributed by atoms with Crippen molar-refractivity contribution in [2.75, 3.05) is 26.2 Å². The summed E-state index contributed by atoms with van der Waals surface area (Å²) < 4.78 is 5.29. The minimum Gasteiger partial charge on any atom is -0.449 e. The average molecular weight is 298 g/mol. The molecule has 0 aliphatic carbocycles. The highest BCUT2D eigenvalue weighted by Crippen LogP contribution is 2.23. The molecule has 1 fully saturated rings. The van der Waals surface area contributed by atoms with Gasteiger partial charge in [-0.2, -0.15) is 0 Å². The summed E-state index contributed by atoms with van der Waals surface area (Å²) >= 11 is 0. The Morgan fingerprint density at radius 1 is 1.19 bits per heavy atom. The van der Waals surface area contributed by atoms with Crippen LogP contribution < -0.4 is 5.32 Å². The van der Waals surface area contributed by atoms with Crippen molar-refractivity contribution >= 4 is 6.09 Å². The van der Waals surface area contributed by atoms with E-state index in [0.717, 1.165) is 38.4 Å². The molecule has 1 N–H and O–H groups in total. The van der Waals surface area contributed by atoms with Crippen LogP contribution in [0.4, 0.5) is 4.79 Å². The molecule has 1 rings (SSSR count). The Hall–Kier alpha value is -0.770. The van der Waals surface area contributed by atoms with Gasteiger partial charge in [-0.25, -0.2) is 4.79 Å². The molecular formula is C17H34N2O2. The van der Waals surface area contributed by atoms with Gasteiger partial charge in [0.2, 0.25) is 0 Å². The summed E-state index contributed by atoms with van der Waals surface area (Å²) in [4.78, 5) is 13.7. The van der Waals surface area contributed by atoms with E-state index in [9.17, 15) is 4.79 Å². The number of nitrogens with zero attached hydrogens (tertiary/aromatic N) is 1. The summed E-state index contributed by atoms with van der Waals surface area (Å²) in [6, 6.07) is 0.588. The number of piperidine rings is 1. The first-order valence-corrected chi connectivity index (χ1v) is 8.64. The number of amides is 1. The lowest BCUT2D eigenvalue weighted by molar-refractivity contribution is 0.0781. The Kier molecular flexibility index (Phi) is 8.74. The lowest BCUT2D eigenvalue weighted by atomic mass is 9.92. The van der Waals surface area contributed by atoms with Gasteiger partial charge in [0.05, 0.1) is 6.61 Å². The molecule has 0 aromatic rings. The number of unbranched alkanes of at least 4 members (excludes halogenated alkanes) is 1. The Balaban J connectivity index is 2.07. The van der Waals surface area contributed by atoms with Gasteiger partial charge in [-0.15, -0.1) is 0 Å². The molecule has 0 aromatic carbocycles. The topological polar surface area (TPSA) is 41.6 Å². The van der Waals surface area contributed by atoms with Crippen LogP contribution in [0.25, 0.3) is 0 Å². The first-order chi connectivity index (χ1) is 9.99. The summed E-state index contributed by atoms with van der Waals surface area (Å²) in [5.41, 5.74) is 0. The minimum absolute atomic E-state index is 0.122. The van der Waals surface area contributed by atoms with Crippen LogP contribution in [0, 0.1) is 11.8 Å². The molecule has 4 nitrogen and oxygen atoms in total. The van der Waals surface area contributed by atoms with Crippen molar-refractivity contribution < 1.29 is 9.53 Å². The smallest absolute Gasteiger partial charge is 0.409 e. The van der Waals surface area contributed by atoms with Crippen molar-refractivity contribution in [3.63, 3.8) is 0 Å². The maximum atomic E-state index is 11.9. The molecule has 1 heterocycles. The second kappa shape index (κ2) is 10.0. The van der Waals surface area contributed by atoms with Crippen LogP contribution in [0.3, 0.4) is 0 Å². The largest absolute Gasteiger partial charge is 0.449 e. The first kappa shape index (κ1) is 18.3. The van der Waals surface area contributed by atoms with Gasteiger partial charge in [0.25, 0.3) is 0 Å². The third-order valence-electron chi connectivity index (χ3n) is 4.00. The number of nitrogens with one attached hydrogen (secondary N) is 1. The van der Waals surface area contributed by atoms with E-state index in [0.29, 0.717) is 18.6 Å². The fourth-order valence-corrected chi connectivity index (χ4v) is 2.68. The van der Waals surface area contributed by atoms with E-state index in [-0.39, 0.29) is 6.09 Å². The Bertz CT molecular complexity index is 285. The van der Waals surface area contributed by atoms with Crippen molar-refractivity contribution in [1.82, 2.24) is 10.2 Å². The second-order valence-electron chi connectivity index (χ2n) is 7.01. The molecule has 21 heavy (non-hydrogen) atoms. The molecule has 0 aromatic heterocycles. The standard InChI is InChI=1S/C17H34N2O2/c1-14(2)13-21-17(20)19-11-8-16(9-12-19)7-5-6-10-18-15(3)4/h14-16,18H,5-13H2,1-4H3. The van der Waals surface area contributed by atoms with Gasteiger partial charge in [0.15, 0.2) is 0 Å². The second-order valence-corrected chi connectivity index (χ2v) is 7.01. The van der Waals surface area contributed by atoms with E-state index in [1.807, 2.05) is 4.90 Å². The number of ether oxygens (including phenoxy) is 1. The predicted molar refractivity (Wildman–Crippen MR) is 87.5 cm³/mol. The van der Waals surface area contributed by atoms with E-state index in [2.05, 4.69) is 33.0 Å². The van der Waals surface area contributed by atoms with Crippen LogP contribution in [0.2, 0.25) is 0 Å². The van der Waals surface area contributed by atoms with Crippen LogP contribution in [-0.2, 0) is 4.74 Å². The van der Waals surface area contributed by atoms with E-state index in [1.54, 1.807) is 0 Å². The highest BCUT2D eigenvalue weighted by Gasteiger charge is 2.23. The van der Waals surface area contributed by atoms with E-state index < -0.39 is 0 Å². The predicted octanol–water partition coefficient (Wildman–Crippen LogP) is 3.66. The molecule has 1 aliphatic rings. The monoisotopic (exact) mass is 298 g/mol.